The molecule has 5 rings (SSSR count). The normalized spacial score (nSPS) is 26.7. The Morgan fingerprint density at radius 1 is 1.13 bits per heavy atom. The average Bonchev–Trinajstić information content (AvgIpc) is 3.28. The zero-order valence-electron chi connectivity index (χ0n) is 17.8. The van der Waals surface area contributed by atoms with E-state index in [1.54, 1.807) is 0 Å². The number of nitrogens with zero attached hydrogens (tertiary/aromatic N) is 4. The molecule has 0 aromatic carbocycles. The highest BCUT2D eigenvalue weighted by molar-refractivity contribution is 5.80. The Morgan fingerprint density at radius 3 is 2.60 bits per heavy atom. The van der Waals surface area contributed by atoms with Crippen molar-refractivity contribution in [1.29, 1.82) is 0 Å². The maximum atomic E-state index is 13.2. The lowest BCUT2D eigenvalue weighted by Crippen LogP contribution is -2.49. The topological polar surface area (TPSA) is 86.8 Å². The van der Waals surface area contributed by atoms with Crippen molar-refractivity contribution in [3.63, 3.8) is 0 Å². The lowest BCUT2D eigenvalue weighted by molar-refractivity contribution is -0.141. The molecule has 4 heterocycles. The Bertz CT molecular complexity index is 875. The number of hydrogen-bond acceptors (Lipinski definition) is 5. The predicted octanol–water partition coefficient (Wildman–Crippen LogP) is 4.14. The van der Waals surface area contributed by atoms with Gasteiger partial charge in [0.15, 0.2) is 5.82 Å². The van der Waals surface area contributed by atoms with Gasteiger partial charge in [0.1, 0.15) is 11.6 Å². The number of amides is 1. The molecule has 2 N–H and O–H groups in total. The van der Waals surface area contributed by atoms with Gasteiger partial charge in [-0.05, 0) is 57.4 Å². The highest BCUT2D eigenvalue weighted by Crippen LogP contribution is 2.41. The van der Waals surface area contributed by atoms with Gasteiger partial charge >= 0.3 is 0 Å². The summed E-state index contributed by atoms with van der Waals surface area (Å²) in [4.78, 5) is 24.7. The molecule has 2 bridgehead atoms. The molecule has 1 saturated carbocycles. The Kier molecular flexibility index (Phi) is 5.44. The Hall–Kier alpha value is -2.44. The second-order valence-corrected chi connectivity index (χ2v) is 9.43. The number of carbonyl (C=O) groups excluding carboxylic acids is 1. The van der Waals surface area contributed by atoms with Gasteiger partial charge in [-0.2, -0.15) is 5.10 Å². The number of anilines is 2. The van der Waals surface area contributed by atoms with Crippen LogP contribution in [0.3, 0.4) is 0 Å². The van der Waals surface area contributed by atoms with E-state index in [9.17, 15) is 4.79 Å². The number of aromatic nitrogens is 4. The molecular weight excluding hydrogens is 376 g/mol. The van der Waals surface area contributed by atoms with E-state index in [1.807, 2.05) is 25.3 Å². The van der Waals surface area contributed by atoms with Crippen molar-refractivity contribution in [2.75, 3.05) is 5.32 Å². The molecule has 3 aliphatic rings. The molecule has 0 radical (unpaired) electrons. The highest BCUT2D eigenvalue weighted by Gasteiger charge is 2.44. The fourth-order valence-corrected chi connectivity index (χ4v) is 5.82. The first-order valence-corrected chi connectivity index (χ1v) is 11.6. The maximum Gasteiger partial charge on any atom is 0.226 e. The van der Waals surface area contributed by atoms with E-state index in [4.69, 9.17) is 4.98 Å². The van der Waals surface area contributed by atoms with Crippen LogP contribution in [0.2, 0.25) is 0 Å². The molecule has 2 aromatic heterocycles. The molecule has 30 heavy (non-hydrogen) atoms. The van der Waals surface area contributed by atoms with Gasteiger partial charge in [-0.15, -0.1) is 0 Å². The van der Waals surface area contributed by atoms with Gasteiger partial charge in [-0.1, -0.05) is 19.3 Å². The average molecular weight is 409 g/mol. The second-order valence-electron chi connectivity index (χ2n) is 9.43. The number of hydrogen-bond donors (Lipinski definition) is 2. The molecule has 1 amide bonds. The van der Waals surface area contributed by atoms with Crippen LogP contribution in [0.25, 0.3) is 0 Å². The van der Waals surface area contributed by atoms with Crippen LogP contribution >= 0.6 is 0 Å². The monoisotopic (exact) mass is 408 g/mol. The Balaban J connectivity index is 1.21. The van der Waals surface area contributed by atoms with Gasteiger partial charge in [-0.3, -0.25) is 9.89 Å². The maximum absolute atomic E-state index is 13.2. The molecule has 2 aliphatic heterocycles. The fourth-order valence-electron chi connectivity index (χ4n) is 5.82. The third-order valence-electron chi connectivity index (χ3n) is 7.18. The largest absolute Gasteiger partial charge is 0.336 e. The minimum atomic E-state index is 0.287. The van der Waals surface area contributed by atoms with E-state index >= 15 is 0 Å². The smallest absolute Gasteiger partial charge is 0.226 e. The van der Waals surface area contributed by atoms with Crippen molar-refractivity contribution in [2.24, 2.45) is 11.8 Å². The molecule has 1 aliphatic carbocycles. The fraction of sp³-hybridized carbons (Fsp3) is 0.652. The van der Waals surface area contributed by atoms with Crippen LogP contribution in [0.5, 0.6) is 0 Å². The van der Waals surface area contributed by atoms with Crippen LogP contribution in [0.4, 0.5) is 11.6 Å². The van der Waals surface area contributed by atoms with Crippen molar-refractivity contribution in [3.05, 3.63) is 29.8 Å². The summed E-state index contributed by atoms with van der Waals surface area (Å²) in [5.41, 5.74) is 1.01. The zero-order chi connectivity index (χ0) is 20.5. The molecular formula is C23H32N6O. The van der Waals surface area contributed by atoms with E-state index in [1.165, 1.54) is 32.1 Å². The van der Waals surface area contributed by atoms with E-state index in [-0.39, 0.29) is 5.92 Å². The Morgan fingerprint density at radius 2 is 1.90 bits per heavy atom. The second kappa shape index (κ2) is 8.36. The molecule has 2 saturated heterocycles. The summed E-state index contributed by atoms with van der Waals surface area (Å²) < 4.78 is 0. The summed E-state index contributed by atoms with van der Waals surface area (Å²) in [6.07, 6.45) is 13.2. The number of H-pyrrole nitrogens is 1. The van der Waals surface area contributed by atoms with Gasteiger partial charge in [-0.25, -0.2) is 9.97 Å². The molecule has 0 spiro atoms. The van der Waals surface area contributed by atoms with Crippen LogP contribution < -0.4 is 5.32 Å². The van der Waals surface area contributed by atoms with Crippen molar-refractivity contribution in [2.45, 2.75) is 83.2 Å². The minimum absolute atomic E-state index is 0.287. The first-order valence-electron chi connectivity index (χ1n) is 11.6. The zero-order valence-corrected chi connectivity index (χ0v) is 17.8. The third-order valence-corrected chi connectivity index (χ3v) is 7.18. The van der Waals surface area contributed by atoms with Gasteiger partial charge in [0.05, 0.1) is 0 Å². The number of aromatic amines is 1. The highest BCUT2D eigenvalue weighted by atomic mass is 16.2. The van der Waals surface area contributed by atoms with Crippen LogP contribution in [0.1, 0.15) is 69.3 Å². The van der Waals surface area contributed by atoms with E-state index in [0.717, 1.165) is 55.3 Å². The predicted molar refractivity (Wildman–Crippen MR) is 115 cm³/mol. The van der Waals surface area contributed by atoms with E-state index in [0.29, 0.717) is 23.9 Å². The minimum Gasteiger partial charge on any atom is -0.336 e. The summed E-state index contributed by atoms with van der Waals surface area (Å²) in [6, 6.07) is 4.69. The summed E-state index contributed by atoms with van der Waals surface area (Å²) >= 11 is 0. The van der Waals surface area contributed by atoms with Gasteiger partial charge in [0, 0.05) is 42.4 Å². The molecule has 7 nitrogen and oxygen atoms in total. The van der Waals surface area contributed by atoms with Crippen molar-refractivity contribution >= 4 is 17.5 Å². The van der Waals surface area contributed by atoms with Crippen LogP contribution in [-0.4, -0.2) is 43.1 Å². The van der Waals surface area contributed by atoms with Crippen molar-refractivity contribution in [1.82, 2.24) is 25.1 Å². The number of aryl methyl sites for hydroxylation is 1. The molecule has 2 aromatic rings. The van der Waals surface area contributed by atoms with Crippen molar-refractivity contribution in [3.8, 4) is 0 Å². The first kappa shape index (κ1) is 19.5. The van der Waals surface area contributed by atoms with Gasteiger partial charge in [0.2, 0.25) is 5.91 Å². The number of piperidine rings is 1. The molecule has 3 fully saturated rings. The third kappa shape index (κ3) is 4.07. The molecule has 7 heteroatoms. The lowest BCUT2D eigenvalue weighted by Gasteiger charge is -2.41. The molecule has 160 valence electrons. The standard InChI is InChI=1S/C23H32N6O/c1-15-11-22(28-27-15)26-20-9-10-24-21(25-20)14-16-12-18-7-8-19(13-16)29(18)23(30)17-5-3-2-4-6-17/h9-11,16-19H,2-8,12-14H2,1H3,(H2,24,25,26,27,28). The summed E-state index contributed by atoms with van der Waals surface area (Å²) in [7, 11) is 0. The summed E-state index contributed by atoms with van der Waals surface area (Å²) in [5.74, 6) is 3.72. The summed E-state index contributed by atoms with van der Waals surface area (Å²) in [5, 5.41) is 10.4. The lowest BCUT2D eigenvalue weighted by atomic mass is 9.84. The van der Waals surface area contributed by atoms with Crippen LogP contribution in [-0.2, 0) is 11.2 Å². The number of fused-ring (bicyclic) bond motifs is 2. The number of carbonyl (C=O) groups is 1. The van der Waals surface area contributed by atoms with Crippen molar-refractivity contribution < 1.29 is 4.79 Å². The van der Waals surface area contributed by atoms with E-state index in [2.05, 4.69) is 25.4 Å². The number of rotatable bonds is 5. The summed E-state index contributed by atoms with van der Waals surface area (Å²) in [6.45, 7) is 1.98. The molecule has 2 atom stereocenters. The van der Waals surface area contributed by atoms with Crippen LogP contribution in [0, 0.1) is 18.8 Å². The van der Waals surface area contributed by atoms with E-state index < -0.39 is 0 Å². The number of nitrogens with one attached hydrogen (secondary N) is 2. The first-order chi connectivity index (χ1) is 14.7. The SMILES string of the molecule is Cc1cc(Nc2ccnc(CC3CC4CCC(C3)N4C(=O)C3CCCCC3)n2)n[nH]1. The van der Waals surface area contributed by atoms with Gasteiger partial charge in [0.25, 0.3) is 0 Å². The van der Waals surface area contributed by atoms with Crippen LogP contribution in [0.15, 0.2) is 18.3 Å². The quantitative estimate of drug-likeness (QED) is 0.776. The Labute approximate surface area is 178 Å². The van der Waals surface area contributed by atoms with Gasteiger partial charge < -0.3 is 10.2 Å². The molecule has 2 unspecified atom stereocenters.